The molecule has 1 atom stereocenters. The zero-order chi connectivity index (χ0) is 13.0. The van der Waals surface area contributed by atoms with E-state index in [0.717, 1.165) is 5.69 Å². The number of rotatable bonds is 3. The van der Waals surface area contributed by atoms with Gasteiger partial charge < -0.3 is 5.32 Å². The molecule has 4 heteroatoms. The second-order valence-electron chi connectivity index (χ2n) is 3.74. The topological polar surface area (TPSA) is 35.8 Å². The number of benzene rings is 2. The Morgan fingerprint density at radius 3 is 2.56 bits per heavy atom. The summed E-state index contributed by atoms with van der Waals surface area (Å²) in [5.41, 5.74) is 1.40. The van der Waals surface area contributed by atoms with E-state index in [1.165, 1.54) is 12.1 Å². The van der Waals surface area contributed by atoms with E-state index in [9.17, 15) is 9.65 Å². The van der Waals surface area contributed by atoms with E-state index in [0.29, 0.717) is 10.0 Å². The molecule has 0 heterocycles. The van der Waals surface area contributed by atoms with Gasteiger partial charge in [-0.2, -0.15) is 5.26 Å². The van der Waals surface area contributed by atoms with E-state index in [-0.39, 0.29) is 5.82 Å². The highest BCUT2D eigenvalue weighted by Crippen LogP contribution is 2.26. The van der Waals surface area contributed by atoms with Crippen LogP contribution in [0.5, 0.6) is 0 Å². The third kappa shape index (κ3) is 2.88. The number of halogens is 2. The second-order valence-corrected chi connectivity index (χ2v) is 4.59. The average Bonchev–Trinajstić information content (AvgIpc) is 2.40. The normalized spacial score (nSPS) is 11.6. The summed E-state index contributed by atoms with van der Waals surface area (Å²) in [6.07, 6.45) is 0. The fourth-order valence-electron chi connectivity index (χ4n) is 1.62. The lowest BCUT2D eigenvalue weighted by Crippen LogP contribution is -2.09. The first-order valence-corrected chi connectivity index (χ1v) is 6.16. The molecule has 0 aliphatic heterocycles. The van der Waals surface area contributed by atoms with Crippen LogP contribution in [0.1, 0.15) is 11.6 Å². The number of hydrogen-bond acceptors (Lipinski definition) is 2. The average molecular weight is 305 g/mol. The van der Waals surface area contributed by atoms with Gasteiger partial charge in [0, 0.05) is 15.7 Å². The molecule has 2 nitrogen and oxygen atoms in total. The van der Waals surface area contributed by atoms with Crippen LogP contribution in [0.15, 0.2) is 53.0 Å². The highest BCUT2D eigenvalue weighted by atomic mass is 79.9. The fourth-order valence-corrected chi connectivity index (χ4v) is 2.09. The Balaban J connectivity index is 2.29. The molecule has 2 aromatic carbocycles. The minimum Gasteiger partial charge on any atom is -0.366 e. The first-order chi connectivity index (χ1) is 8.70. The number of para-hydroxylation sites is 1. The summed E-state index contributed by atoms with van der Waals surface area (Å²) in [6, 6.07) is 15.2. The Bertz CT molecular complexity index is 578. The van der Waals surface area contributed by atoms with Crippen molar-refractivity contribution in [3.8, 4) is 6.07 Å². The molecular formula is C14H10BrFN2. The lowest BCUT2D eigenvalue weighted by Gasteiger charge is -2.14. The molecule has 0 aliphatic rings. The van der Waals surface area contributed by atoms with Crippen LogP contribution in [-0.4, -0.2) is 0 Å². The van der Waals surface area contributed by atoms with Gasteiger partial charge in [-0.3, -0.25) is 0 Å². The maximum atomic E-state index is 13.2. The number of anilines is 1. The number of nitrogens with zero attached hydrogens (tertiary/aromatic N) is 1. The molecule has 0 saturated heterocycles. The maximum Gasteiger partial charge on any atom is 0.141 e. The van der Waals surface area contributed by atoms with Crippen molar-refractivity contribution in [3.05, 3.63) is 64.4 Å². The quantitative estimate of drug-likeness (QED) is 0.919. The van der Waals surface area contributed by atoms with E-state index in [1.807, 2.05) is 30.3 Å². The molecule has 0 bridgehead atoms. The van der Waals surface area contributed by atoms with Crippen LogP contribution in [0.2, 0.25) is 0 Å². The minimum absolute atomic E-state index is 0.358. The van der Waals surface area contributed by atoms with Gasteiger partial charge in [-0.1, -0.05) is 34.1 Å². The van der Waals surface area contributed by atoms with E-state index in [4.69, 9.17) is 0 Å². The molecule has 1 unspecified atom stereocenters. The fraction of sp³-hybridized carbons (Fsp3) is 0.0714. The van der Waals surface area contributed by atoms with Crippen LogP contribution < -0.4 is 5.32 Å². The molecule has 18 heavy (non-hydrogen) atoms. The zero-order valence-corrected chi connectivity index (χ0v) is 11.0. The second kappa shape index (κ2) is 5.65. The molecule has 2 aromatic rings. The van der Waals surface area contributed by atoms with Crippen molar-refractivity contribution in [2.24, 2.45) is 0 Å². The molecule has 0 amide bonds. The molecule has 0 aromatic heterocycles. The van der Waals surface area contributed by atoms with Crippen molar-refractivity contribution in [2.45, 2.75) is 6.04 Å². The van der Waals surface area contributed by atoms with Crippen LogP contribution in [0.3, 0.4) is 0 Å². The van der Waals surface area contributed by atoms with Gasteiger partial charge in [0.2, 0.25) is 0 Å². The van der Waals surface area contributed by atoms with Crippen LogP contribution in [0.4, 0.5) is 10.1 Å². The summed E-state index contributed by atoms with van der Waals surface area (Å²) < 4.78 is 13.9. The van der Waals surface area contributed by atoms with Gasteiger partial charge >= 0.3 is 0 Å². The van der Waals surface area contributed by atoms with Gasteiger partial charge in [0.1, 0.15) is 11.9 Å². The monoisotopic (exact) mass is 304 g/mol. The van der Waals surface area contributed by atoms with Crippen molar-refractivity contribution in [1.29, 1.82) is 5.26 Å². The summed E-state index contributed by atoms with van der Waals surface area (Å²) in [7, 11) is 0. The summed E-state index contributed by atoms with van der Waals surface area (Å²) in [5.74, 6) is -0.358. The third-order valence-corrected chi connectivity index (χ3v) is 3.21. The molecule has 0 radical (unpaired) electrons. The lowest BCUT2D eigenvalue weighted by molar-refractivity contribution is 0.624. The molecule has 2 rings (SSSR count). The van der Waals surface area contributed by atoms with Crippen molar-refractivity contribution >= 4 is 21.6 Å². The van der Waals surface area contributed by atoms with E-state index in [2.05, 4.69) is 27.3 Å². The van der Waals surface area contributed by atoms with Crippen molar-refractivity contribution in [2.75, 3.05) is 5.32 Å². The van der Waals surface area contributed by atoms with Crippen LogP contribution in [-0.2, 0) is 0 Å². The largest absolute Gasteiger partial charge is 0.366 e. The van der Waals surface area contributed by atoms with Gasteiger partial charge in [0.15, 0.2) is 0 Å². The number of nitriles is 1. The Kier molecular flexibility index (Phi) is 3.96. The summed E-state index contributed by atoms with van der Waals surface area (Å²) in [5, 5.41) is 12.3. The van der Waals surface area contributed by atoms with Gasteiger partial charge in [0.25, 0.3) is 0 Å². The Morgan fingerprint density at radius 1 is 1.17 bits per heavy atom. The first kappa shape index (κ1) is 12.6. The standard InChI is InChI=1S/C14H10BrFN2/c15-13-7-6-10(16)8-12(13)14(9-17)18-11-4-2-1-3-5-11/h1-8,14,18H. The molecule has 0 spiro atoms. The summed E-state index contributed by atoms with van der Waals surface area (Å²) >= 11 is 3.33. The van der Waals surface area contributed by atoms with Gasteiger partial charge in [-0.05, 0) is 30.3 Å². The van der Waals surface area contributed by atoms with E-state index < -0.39 is 6.04 Å². The van der Waals surface area contributed by atoms with Gasteiger partial charge in [-0.25, -0.2) is 4.39 Å². The third-order valence-electron chi connectivity index (χ3n) is 2.48. The van der Waals surface area contributed by atoms with Gasteiger partial charge in [-0.15, -0.1) is 0 Å². The first-order valence-electron chi connectivity index (χ1n) is 5.37. The van der Waals surface area contributed by atoms with E-state index in [1.54, 1.807) is 6.07 Å². The van der Waals surface area contributed by atoms with Crippen LogP contribution in [0.25, 0.3) is 0 Å². The molecule has 1 N–H and O–H groups in total. The van der Waals surface area contributed by atoms with Crippen molar-refractivity contribution in [3.63, 3.8) is 0 Å². The molecule has 0 fully saturated rings. The van der Waals surface area contributed by atoms with Crippen LogP contribution >= 0.6 is 15.9 Å². The highest BCUT2D eigenvalue weighted by molar-refractivity contribution is 9.10. The molecule has 90 valence electrons. The van der Waals surface area contributed by atoms with Gasteiger partial charge in [0.05, 0.1) is 6.07 Å². The van der Waals surface area contributed by atoms with Crippen molar-refractivity contribution < 1.29 is 4.39 Å². The predicted octanol–water partition coefficient (Wildman–Crippen LogP) is 4.26. The molecule has 0 aliphatic carbocycles. The smallest absolute Gasteiger partial charge is 0.141 e. The van der Waals surface area contributed by atoms with Crippen molar-refractivity contribution in [1.82, 2.24) is 0 Å². The molecule has 0 saturated carbocycles. The lowest BCUT2D eigenvalue weighted by atomic mass is 10.1. The Hall–Kier alpha value is -1.86. The Labute approximate surface area is 113 Å². The number of hydrogen-bond donors (Lipinski definition) is 1. The maximum absolute atomic E-state index is 13.2. The predicted molar refractivity (Wildman–Crippen MR) is 72.5 cm³/mol. The highest BCUT2D eigenvalue weighted by Gasteiger charge is 2.14. The SMILES string of the molecule is N#CC(Nc1ccccc1)c1cc(F)ccc1Br. The molecular weight excluding hydrogens is 295 g/mol. The summed E-state index contributed by atoms with van der Waals surface area (Å²) in [4.78, 5) is 0. The minimum atomic E-state index is -0.600. The zero-order valence-electron chi connectivity index (χ0n) is 9.40. The number of nitrogens with one attached hydrogen (secondary N) is 1. The van der Waals surface area contributed by atoms with Crippen LogP contribution in [0, 0.1) is 17.1 Å². The summed E-state index contributed by atoms with van der Waals surface area (Å²) in [6.45, 7) is 0. The van der Waals surface area contributed by atoms with E-state index >= 15 is 0 Å². The Morgan fingerprint density at radius 2 is 1.89 bits per heavy atom.